The Balaban J connectivity index is 1.45. The summed E-state index contributed by atoms with van der Waals surface area (Å²) in [6.45, 7) is 8.00. The van der Waals surface area contributed by atoms with Crippen LogP contribution in [0.25, 0.3) is 5.69 Å². The van der Waals surface area contributed by atoms with Crippen LogP contribution in [-0.2, 0) is 10.0 Å². The summed E-state index contributed by atoms with van der Waals surface area (Å²) in [5.41, 5.74) is 9.59. The lowest BCUT2D eigenvalue weighted by atomic mass is 10.2. The largest absolute Gasteiger partial charge is 0.318 e. The second-order valence-corrected chi connectivity index (χ2v) is 11.0. The number of sulfonamides is 1. The van der Waals surface area contributed by atoms with E-state index in [1.165, 1.54) is 16.9 Å². The first-order valence-corrected chi connectivity index (χ1v) is 13.3. The normalized spacial score (nSPS) is 11.6. The summed E-state index contributed by atoms with van der Waals surface area (Å²) < 4.78 is 29.2. The van der Waals surface area contributed by atoms with Crippen LogP contribution in [-0.4, -0.2) is 32.2 Å². The predicted octanol–water partition coefficient (Wildman–Crippen LogP) is 5.30. The molecule has 0 aliphatic heterocycles. The van der Waals surface area contributed by atoms with E-state index in [0.717, 1.165) is 28.2 Å². The molecule has 1 amide bonds. The number of carbonyl (C=O) groups is 1. The third kappa shape index (κ3) is 5.49. The molecule has 0 fully saturated rings. The fourth-order valence-corrected chi connectivity index (χ4v) is 5.33. The van der Waals surface area contributed by atoms with Crippen molar-refractivity contribution >= 4 is 27.8 Å². The molecular formula is C29H30N4O3S. The van der Waals surface area contributed by atoms with Gasteiger partial charge in [0.05, 0.1) is 16.8 Å². The predicted molar refractivity (Wildman–Crippen MR) is 148 cm³/mol. The highest BCUT2D eigenvalue weighted by Gasteiger charge is 2.21. The molecule has 1 N–H and O–H groups in total. The van der Waals surface area contributed by atoms with Crippen LogP contribution in [0.3, 0.4) is 0 Å². The molecule has 0 saturated carbocycles. The third-order valence-corrected chi connectivity index (χ3v) is 8.07. The highest BCUT2D eigenvalue weighted by atomic mass is 32.2. The first-order chi connectivity index (χ1) is 17.6. The second-order valence-electron chi connectivity index (χ2n) is 9.03. The Bertz CT molecular complexity index is 1570. The van der Waals surface area contributed by atoms with Crippen LogP contribution in [0.4, 0.5) is 5.69 Å². The van der Waals surface area contributed by atoms with Gasteiger partial charge >= 0.3 is 0 Å². The zero-order valence-electron chi connectivity index (χ0n) is 21.6. The van der Waals surface area contributed by atoms with E-state index in [-0.39, 0.29) is 10.8 Å². The number of aromatic nitrogens is 1. The summed E-state index contributed by atoms with van der Waals surface area (Å²) in [5, 5.41) is 4.14. The lowest BCUT2D eigenvalue weighted by molar-refractivity contribution is 0.0955. The summed E-state index contributed by atoms with van der Waals surface area (Å²) in [5.74, 6) is -0.390. The number of hydrogen-bond donors (Lipinski definition) is 1. The number of nitrogens with zero attached hydrogens (tertiary/aromatic N) is 3. The van der Waals surface area contributed by atoms with Crippen LogP contribution in [0.5, 0.6) is 0 Å². The Kier molecular flexibility index (Phi) is 7.31. The first kappa shape index (κ1) is 25.9. The molecule has 4 aromatic rings. The lowest BCUT2D eigenvalue weighted by Gasteiger charge is -2.19. The molecule has 1 heterocycles. The van der Waals surface area contributed by atoms with Crippen molar-refractivity contribution in [1.82, 2.24) is 9.99 Å². The van der Waals surface area contributed by atoms with Gasteiger partial charge in [-0.2, -0.15) is 5.10 Å². The van der Waals surface area contributed by atoms with E-state index in [1.54, 1.807) is 54.7 Å². The van der Waals surface area contributed by atoms with Crippen LogP contribution in [0, 0.1) is 27.7 Å². The number of anilines is 1. The van der Waals surface area contributed by atoms with Crippen LogP contribution in [0.1, 0.15) is 38.4 Å². The van der Waals surface area contributed by atoms with Gasteiger partial charge in [-0.15, -0.1) is 0 Å². The molecular weight excluding hydrogens is 484 g/mol. The first-order valence-electron chi connectivity index (χ1n) is 11.8. The lowest BCUT2D eigenvalue weighted by Crippen LogP contribution is -2.26. The minimum Gasteiger partial charge on any atom is -0.318 e. The Hall–Kier alpha value is -4.17. The molecule has 0 aliphatic carbocycles. The van der Waals surface area contributed by atoms with Gasteiger partial charge in [0.25, 0.3) is 15.9 Å². The maximum Gasteiger partial charge on any atom is 0.271 e. The number of benzene rings is 3. The highest BCUT2D eigenvalue weighted by Crippen LogP contribution is 2.23. The van der Waals surface area contributed by atoms with Gasteiger partial charge in [0.2, 0.25) is 0 Å². The van der Waals surface area contributed by atoms with Crippen molar-refractivity contribution in [3.63, 3.8) is 0 Å². The quantitative estimate of drug-likeness (QED) is 0.268. The zero-order valence-corrected chi connectivity index (χ0v) is 22.4. The molecule has 0 spiro atoms. The summed E-state index contributed by atoms with van der Waals surface area (Å²) in [6.07, 6.45) is 1.63. The minimum atomic E-state index is -3.71. The average Bonchev–Trinajstić information content (AvgIpc) is 3.16. The van der Waals surface area contributed by atoms with E-state index in [0.29, 0.717) is 11.3 Å². The van der Waals surface area contributed by atoms with Gasteiger partial charge in [0.1, 0.15) is 0 Å². The van der Waals surface area contributed by atoms with Crippen molar-refractivity contribution < 1.29 is 13.2 Å². The summed E-state index contributed by atoms with van der Waals surface area (Å²) in [6, 6.07) is 23.3. The van der Waals surface area contributed by atoms with E-state index >= 15 is 0 Å². The molecule has 4 rings (SSSR count). The molecule has 37 heavy (non-hydrogen) atoms. The Labute approximate surface area is 218 Å². The van der Waals surface area contributed by atoms with E-state index < -0.39 is 10.0 Å². The summed E-state index contributed by atoms with van der Waals surface area (Å²) >= 11 is 0. The minimum absolute atomic E-state index is 0.207. The third-order valence-electron chi connectivity index (χ3n) is 6.27. The van der Waals surface area contributed by atoms with Crippen LogP contribution >= 0.6 is 0 Å². The van der Waals surface area contributed by atoms with Crippen molar-refractivity contribution in [2.75, 3.05) is 11.4 Å². The van der Waals surface area contributed by atoms with E-state index in [9.17, 15) is 13.2 Å². The molecule has 0 atom stereocenters. The summed E-state index contributed by atoms with van der Waals surface area (Å²) in [4.78, 5) is 12.8. The molecule has 0 saturated heterocycles. The second kappa shape index (κ2) is 10.4. The van der Waals surface area contributed by atoms with Gasteiger partial charge in [0.15, 0.2) is 0 Å². The van der Waals surface area contributed by atoms with Crippen LogP contribution in [0.15, 0.2) is 88.9 Å². The van der Waals surface area contributed by atoms with Crippen LogP contribution in [0.2, 0.25) is 0 Å². The molecule has 1 aromatic heterocycles. The highest BCUT2D eigenvalue weighted by molar-refractivity contribution is 7.92. The zero-order chi connectivity index (χ0) is 26.7. The van der Waals surface area contributed by atoms with E-state index in [4.69, 9.17) is 0 Å². The van der Waals surface area contributed by atoms with Crippen molar-refractivity contribution in [2.45, 2.75) is 32.6 Å². The standard InChI is InChI=1S/C29H30N4O3S/c1-20-9-15-28(16-10-20)37(35,36)32(5)26-13-11-24(12-14-26)29(34)31-30-19-25-18-22(3)33(23(25)4)27-8-6-7-21(2)17-27/h6-19H,1-5H3,(H,31,34)/b30-19-. The molecule has 0 bridgehead atoms. The van der Waals surface area contributed by atoms with Crippen molar-refractivity contribution in [3.05, 3.63) is 113 Å². The summed E-state index contributed by atoms with van der Waals surface area (Å²) in [7, 11) is -2.22. The van der Waals surface area contributed by atoms with Gasteiger partial charge < -0.3 is 4.57 Å². The molecule has 3 aromatic carbocycles. The number of rotatable bonds is 7. The van der Waals surface area contributed by atoms with Gasteiger partial charge in [-0.05, 0) is 87.9 Å². The molecule has 7 nitrogen and oxygen atoms in total. The van der Waals surface area contributed by atoms with E-state index in [2.05, 4.69) is 40.2 Å². The van der Waals surface area contributed by atoms with Gasteiger partial charge in [-0.1, -0.05) is 29.8 Å². The van der Waals surface area contributed by atoms with Crippen LogP contribution < -0.4 is 9.73 Å². The number of amides is 1. The maximum atomic E-state index is 12.9. The van der Waals surface area contributed by atoms with Crippen molar-refractivity contribution in [2.24, 2.45) is 5.10 Å². The van der Waals surface area contributed by atoms with Crippen molar-refractivity contribution in [1.29, 1.82) is 0 Å². The monoisotopic (exact) mass is 514 g/mol. The Morgan fingerprint density at radius 1 is 0.892 bits per heavy atom. The van der Waals surface area contributed by atoms with Gasteiger partial charge in [-0.3, -0.25) is 9.10 Å². The number of nitrogens with one attached hydrogen (secondary N) is 1. The molecule has 0 radical (unpaired) electrons. The smallest absolute Gasteiger partial charge is 0.271 e. The number of carbonyl (C=O) groups excluding carboxylic acids is 1. The fraction of sp³-hybridized carbons (Fsp3) is 0.172. The number of aryl methyl sites for hydroxylation is 3. The molecule has 8 heteroatoms. The molecule has 0 aliphatic rings. The van der Waals surface area contributed by atoms with Gasteiger partial charge in [0, 0.05) is 35.2 Å². The topological polar surface area (TPSA) is 83.8 Å². The van der Waals surface area contributed by atoms with Gasteiger partial charge in [-0.25, -0.2) is 13.8 Å². The number of hydrogen-bond acceptors (Lipinski definition) is 4. The van der Waals surface area contributed by atoms with Crippen molar-refractivity contribution in [3.8, 4) is 5.69 Å². The maximum absolute atomic E-state index is 12.9. The Morgan fingerprint density at radius 2 is 1.57 bits per heavy atom. The Morgan fingerprint density at radius 3 is 2.22 bits per heavy atom. The SMILES string of the molecule is Cc1ccc(S(=O)(=O)N(C)c2ccc(C(=O)N/N=C\c3cc(C)n(-c4cccc(C)c4)c3C)cc2)cc1. The fourth-order valence-electron chi connectivity index (χ4n) is 4.14. The van der Waals surface area contributed by atoms with E-state index in [1.807, 2.05) is 32.9 Å². The average molecular weight is 515 g/mol. The molecule has 0 unspecified atom stereocenters. The molecule has 190 valence electrons. The number of hydrazone groups is 1.